The van der Waals surface area contributed by atoms with Gasteiger partial charge < -0.3 is 4.74 Å². The standard InChI is InChI=1S/C15H13Br2FO/c1-9-5-13(6-10(2)15(9)17)19-8-11-7-12(16)3-4-14(11)18/h3-7H,8H2,1-2H3. The first kappa shape index (κ1) is 14.5. The van der Waals surface area contributed by atoms with Crippen LogP contribution >= 0.6 is 31.9 Å². The summed E-state index contributed by atoms with van der Waals surface area (Å²) < 4.78 is 21.2. The topological polar surface area (TPSA) is 9.23 Å². The summed E-state index contributed by atoms with van der Waals surface area (Å²) in [6.45, 7) is 4.22. The number of halogens is 3. The molecule has 0 saturated heterocycles. The predicted molar refractivity (Wildman–Crippen MR) is 82.0 cm³/mol. The van der Waals surface area contributed by atoms with Crippen LogP contribution in [0.2, 0.25) is 0 Å². The summed E-state index contributed by atoms with van der Waals surface area (Å²) in [6.07, 6.45) is 0. The second-order valence-electron chi connectivity index (χ2n) is 4.40. The number of ether oxygens (including phenoxy) is 1. The van der Waals surface area contributed by atoms with E-state index in [1.807, 2.05) is 26.0 Å². The third-order valence-electron chi connectivity index (χ3n) is 2.81. The lowest BCUT2D eigenvalue weighted by Crippen LogP contribution is -1.99. The summed E-state index contributed by atoms with van der Waals surface area (Å²) in [5, 5.41) is 0. The maximum Gasteiger partial charge on any atom is 0.129 e. The van der Waals surface area contributed by atoms with E-state index in [1.165, 1.54) is 6.07 Å². The molecule has 19 heavy (non-hydrogen) atoms. The van der Waals surface area contributed by atoms with Crippen molar-refractivity contribution >= 4 is 31.9 Å². The number of hydrogen-bond donors (Lipinski definition) is 0. The van der Waals surface area contributed by atoms with Crippen molar-refractivity contribution in [3.63, 3.8) is 0 Å². The molecule has 0 atom stereocenters. The Bertz CT molecular complexity index is 588. The highest BCUT2D eigenvalue weighted by molar-refractivity contribution is 9.10. The van der Waals surface area contributed by atoms with E-state index in [2.05, 4.69) is 31.9 Å². The molecule has 100 valence electrons. The number of benzene rings is 2. The lowest BCUT2D eigenvalue weighted by Gasteiger charge is -2.11. The fourth-order valence-corrected chi connectivity index (χ4v) is 2.44. The molecule has 0 unspecified atom stereocenters. The van der Waals surface area contributed by atoms with E-state index in [0.717, 1.165) is 25.8 Å². The van der Waals surface area contributed by atoms with Gasteiger partial charge in [-0.1, -0.05) is 31.9 Å². The fourth-order valence-electron chi connectivity index (χ4n) is 1.80. The minimum absolute atomic E-state index is 0.214. The van der Waals surface area contributed by atoms with Gasteiger partial charge in [0, 0.05) is 14.5 Å². The molecule has 0 aliphatic heterocycles. The van der Waals surface area contributed by atoms with Crippen LogP contribution in [0.3, 0.4) is 0 Å². The van der Waals surface area contributed by atoms with Crippen molar-refractivity contribution in [1.29, 1.82) is 0 Å². The van der Waals surface area contributed by atoms with Crippen LogP contribution < -0.4 is 4.74 Å². The molecule has 0 aromatic heterocycles. The molecule has 0 aliphatic carbocycles. The smallest absolute Gasteiger partial charge is 0.129 e. The Balaban J connectivity index is 2.17. The Morgan fingerprint density at radius 1 is 1.05 bits per heavy atom. The highest BCUT2D eigenvalue weighted by atomic mass is 79.9. The van der Waals surface area contributed by atoms with Crippen molar-refractivity contribution < 1.29 is 9.13 Å². The lowest BCUT2D eigenvalue weighted by molar-refractivity contribution is 0.299. The van der Waals surface area contributed by atoms with Crippen molar-refractivity contribution in [2.24, 2.45) is 0 Å². The van der Waals surface area contributed by atoms with Gasteiger partial charge in [0.1, 0.15) is 18.2 Å². The third-order valence-corrected chi connectivity index (χ3v) is 4.56. The highest BCUT2D eigenvalue weighted by Crippen LogP contribution is 2.27. The third kappa shape index (κ3) is 3.57. The van der Waals surface area contributed by atoms with Gasteiger partial charge in [-0.3, -0.25) is 0 Å². The quantitative estimate of drug-likeness (QED) is 0.671. The Morgan fingerprint density at radius 3 is 2.32 bits per heavy atom. The second-order valence-corrected chi connectivity index (χ2v) is 6.10. The molecule has 0 spiro atoms. The van der Waals surface area contributed by atoms with Crippen molar-refractivity contribution in [3.05, 3.63) is 61.8 Å². The van der Waals surface area contributed by atoms with Gasteiger partial charge in [-0.2, -0.15) is 0 Å². The van der Waals surface area contributed by atoms with Crippen LogP contribution in [-0.4, -0.2) is 0 Å². The van der Waals surface area contributed by atoms with Crippen LogP contribution in [0.15, 0.2) is 39.3 Å². The number of hydrogen-bond acceptors (Lipinski definition) is 1. The van der Waals surface area contributed by atoms with Crippen molar-refractivity contribution in [3.8, 4) is 5.75 Å². The molecule has 2 aromatic rings. The summed E-state index contributed by atoms with van der Waals surface area (Å²) in [5.41, 5.74) is 2.74. The predicted octanol–water partition coefficient (Wildman–Crippen LogP) is 5.55. The SMILES string of the molecule is Cc1cc(OCc2cc(Br)ccc2F)cc(C)c1Br. The first-order valence-electron chi connectivity index (χ1n) is 5.81. The summed E-state index contributed by atoms with van der Waals surface area (Å²) in [4.78, 5) is 0. The lowest BCUT2D eigenvalue weighted by atomic mass is 10.1. The van der Waals surface area contributed by atoms with E-state index in [0.29, 0.717) is 5.56 Å². The monoisotopic (exact) mass is 386 g/mol. The highest BCUT2D eigenvalue weighted by Gasteiger charge is 2.06. The van der Waals surface area contributed by atoms with Crippen molar-refractivity contribution in [2.45, 2.75) is 20.5 Å². The van der Waals surface area contributed by atoms with Gasteiger partial charge in [-0.25, -0.2) is 4.39 Å². The molecule has 0 heterocycles. The molecular formula is C15H13Br2FO. The minimum atomic E-state index is -0.256. The van der Waals surface area contributed by atoms with E-state index in [1.54, 1.807) is 12.1 Å². The largest absolute Gasteiger partial charge is 0.489 e. The zero-order chi connectivity index (χ0) is 14.0. The Labute approximate surface area is 129 Å². The minimum Gasteiger partial charge on any atom is -0.489 e. The first-order valence-corrected chi connectivity index (χ1v) is 7.39. The van der Waals surface area contributed by atoms with Gasteiger partial charge in [-0.15, -0.1) is 0 Å². The maximum absolute atomic E-state index is 13.6. The first-order chi connectivity index (χ1) is 8.97. The van der Waals surface area contributed by atoms with Gasteiger partial charge in [0.15, 0.2) is 0 Å². The average Bonchev–Trinajstić information content (AvgIpc) is 2.37. The molecule has 2 aromatic carbocycles. The van der Waals surface area contributed by atoms with Crippen LogP contribution in [0.25, 0.3) is 0 Å². The summed E-state index contributed by atoms with van der Waals surface area (Å²) in [6, 6.07) is 8.71. The van der Waals surface area contributed by atoms with E-state index in [-0.39, 0.29) is 12.4 Å². The molecule has 1 nitrogen and oxygen atoms in total. The number of aryl methyl sites for hydroxylation is 2. The van der Waals surface area contributed by atoms with Crippen LogP contribution in [0.4, 0.5) is 4.39 Å². The molecule has 0 saturated carbocycles. The van der Waals surface area contributed by atoms with Crippen molar-refractivity contribution in [1.82, 2.24) is 0 Å². The van der Waals surface area contributed by atoms with Gasteiger partial charge in [0.2, 0.25) is 0 Å². The van der Waals surface area contributed by atoms with Crippen molar-refractivity contribution in [2.75, 3.05) is 0 Å². The Kier molecular flexibility index (Phi) is 4.63. The van der Waals surface area contributed by atoms with E-state index in [4.69, 9.17) is 4.74 Å². The molecule has 0 amide bonds. The van der Waals surface area contributed by atoms with Crippen LogP contribution in [0.5, 0.6) is 5.75 Å². The van der Waals surface area contributed by atoms with E-state index in [9.17, 15) is 4.39 Å². The molecular weight excluding hydrogens is 375 g/mol. The molecule has 4 heteroatoms. The van der Waals surface area contributed by atoms with Gasteiger partial charge in [-0.05, 0) is 55.3 Å². The van der Waals surface area contributed by atoms with Crippen LogP contribution in [-0.2, 0) is 6.61 Å². The normalized spacial score (nSPS) is 10.6. The van der Waals surface area contributed by atoms with E-state index < -0.39 is 0 Å². The average molecular weight is 388 g/mol. The second kappa shape index (κ2) is 6.06. The molecule has 0 radical (unpaired) electrons. The van der Waals surface area contributed by atoms with Gasteiger partial charge in [0.25, 0.3) is 0 Å². The van der Waals surface area contributed by atoms with Gasteiger partial charge >= 0.3 is 0 Å². The maximum atomic E-state index is 13.6. The molecule has 0 aliphatic rings. The molecule has 0 N–H and O–H groups in total. The summed E-state index contributed by atoms with van der Waals surface area (Å²) in [5.74, 6) is 0.492. The molecule has 0 fully saturated rings. The fraction of sp³-hybridized carbons (Fsp3) is 0.200. The van der Waals surface area contributed by atoms with Crippen LogP contribution in [0, 0.1) is 19.7 Å². The molecule has 2 rings (SSSR count). The summed E-state index contributed by atoms with van der Waals surface area (Å²) >= 11 is 6.84. The number of rotatable bonds is 3. The summed E-state index contributed by atoms with van der Waals surface area (Å²) in [7, 11) is 0. The van der Waals surface area contributed by atoms with Crippen LogP contribution in [0.1, 0.15) is 16.7 Å². The Morgan fingerprint density at radius 2 is 1.68 bits per heavy atom. The molecule has 0 bridgehead atoms. The van der Waals surface area contributed by atoms with E-state index >= 15 is 0 Å². The zero-order valence-electron chi connectivity index (χ0n) is 10.6. The van der Waals surface area contributed by atoms with Gasteiger partial charge in [0.05, 0.1) is 0 Å². The Hall–Kier alpha value is -0.870. The zero-order valence-corrected chi connectivity index (χ0v) is 13.8.